The summed E-state index contributed by atoms with van der Waals surface area (Å²) in [7, 11) is 0. The van der Waals surface area contributed by atoms with Gasteiger partial charge >= 0.3 is 0 Å². The van der Waals surface area contributed by atoms with Crippen molar-refractivity contribution in [1.29, 1.82) is 0 Å². The van der Waals surface area contributed by atoms with Gasteiger partial charge in [-0.15, -0.1) is 0 Å². The summed E-state index contributed by atoms with van der Waals surface area (Å²) in [4.78, 5) is 16.9. The Morgan fingerprint density at radius 1 is 0.857 bits per heavy atom. The summed E-state index contributed by atoms with van der Waals surface area (Å²) < 4.78 is 5.39. The number of nitrogens with zero attached hydrogens (tertiary/aromatic N) is 2. The van der Waals surface area contributed by atoms with Crippen LogP contribution in [0.4, 0.5) is 0 Å². The van der Waals surface area contributed by atoms with Gasteiger partial charge in [0, 0.05) is 23.2 Å². The lowest BCUT2D eigenvalue weighted by molar-refractivity contribution is 0.0954. The van der Waals surface area contributed by atoms with Crippen molar-refractivity contribution in [2.24, 2.45) is 0 Å². The molecule has 0 atom stereocenters. The van der Waals surface area contributed by atoms with E-state index in [1.807, 2.05) is 72.8 Å². The van der Waals surface area contributed by atoms with Crippen molar-refractivity contribution >= 4 is 5.91 Å². The molecule has 0 radical (unpaired) electrons. The molecule has 28 heavy (non-hydrogen) atoms. The predicted octanol–water partition coefficient (Wildman–Crippen LogP) is 4.38. The van der Waals surface area contributed by atoms with Gasteiger partial charge in [-0.1, -0.05) is 71.9 Å². The Bertz CT molecular complexity index is 1060. The summed E-state index contributed by atoms with van der Waals surface area (Å²) in [5.74, 6) is 0.784. The van der Waals surface area contributed by atoms with E-state index < -0.39 is 0 Å². The van der Waals surface area contributed by atoms with Gasteiger partial charge in [-0.2, -0.15) is 4.98 Å². The maximum atomic E-state index is 12.5. The average Bonchev–Trinajstić information content (AvgIpc) is 3.26. The molecule has 0 saturated carbocycles. The Morgan fingerprint density at radius 2 is 1.57 bits per heavy atom. The minimum absolute atomic E-state index is 0.124. The molecule has 0 spiro atoms. The molecule has 0 aliphatic carbocycles. The fraction of sp³-hybridized carbons (Fsp3) is 0.0870. The van der Waals surface area contributed by atoms with Crippen molar-refractivity contribution in [2.75, 3.05) is 6.54 Å². The van der Waals surface area contributed by atoms with Gasteiger partial charge in [0.1, 0.15) is 0 Å². The zero-order valence-electron chi connectivity index (χ0n) is 15.2. The molecule has 0 unspecified atom stereocenters. The number of aromatic nitrogens is 2. The van der Waals surface area contributed by atoms with Gasteiger partial charge in [-0.25, -0.2) is 0 Å². The van der Waals surface area contributed by atoms with Crippen LogP contribution in [0.3, 0.4) is 0 Å². The minimum Gasteiger partial charge on any atom is -0.352 e. The molecule has 4 aromatic rings. The molecule has 0 bridgehead atoms. The molecular formula is C23H19N3O2. The largest absolute Gasteiger partial charge is 0.352 e. The molecule has 0 saturated heterocycles. The fourth-order valence-corrected chi connectivity index (χ4v) is 2.91. The summed E-state index contributed by atoms with van der Waals surface area (Å²) >= 11 is 0. The molecule has 4 rings (SSSR count). The summed E-state index contributed by atoms with van der Waals surface area (Å²) in [5, 5.41) is 6.99. The second kappa shape index (κ2) is 8.31. The summed E-state index contributed by atoms with van der Waals surface area (Å²) in [5.41, 5.74) is 3.35. The van der Waals surface area contributed by atoms with Crippen LogP contribution in [0, 0.1) is 0 Å². The van der Waals surface area contributed by atoms with Gasteiger partial charge in [-0.3, -0.25) is 4.79 Å². The van der Waals surface area contributed by atoms with Gasteiger partial charge in [0.05, 0.1) is 0 Å². The first-order chi connectivity index (χ1) is 13.8. The van der Waals surface area contributed by atoms with E-state index in [9.17, 15) is 4.79 Å². The molecule has 5 heteroatoms. The average molecular weight is 369 g/mol. The normalized spacial score (nSPS) is 10.6. The van der Waals surface area contributed by atoms with Crippen LogP contribution in [0.2, 0.25) is 0 Å². The monoisotopic (exact) mass is 369 g/mol. The fourth-order valence-electron chi connectivity index (χ4n) is 2.91. The van der Waals surface area contributed by atoms with Crippen molar-refractivity contribution in [3.05, 3.63) is 96.1 Å². The number of benzene rings is 3. The van der Waals surface area contributed by atoms with Crippen molar-refractivity contribution in [3.8, 4) is 22.8 Å². The summed E-state index contributed by atoms with van der Waals surface area (Å²) in [6.45, 7) is 0.575. The first-order valence-electron chi connectivity index (χ1n) is 9.11. The SMILES string of the molecule is O=C(NCCc1ccccc1)c1cccc(-c2nc(-c3ccccc3)no2)c1. The standard InChI is InChI=1S/C23H19N3O2/c27-22(24-15-14-17-8-3-1-4-9-17)19-12-7-13-20(16-19)23-25-21(26-28-23)18-10-5-2-6-11-18/h1-13,16H,14-15H2,(H,24,27). The highest BCUT2D eigenvalue weighted by Gasteiger charge is 2.13. The lowest BCUT2D eigenvalue weighted by atomic mass is 10.1. The van der Waals surface area contributed by atoms with E-state index in [1.54, 1.807) is 12.1 Å². The third kappa shape index (κ3) is 4.15. The summed E-state index contributed by atoms with van der Waals surface area (Å²) in [6.07, 6.45) is 0.788. The highest BCUT2D eigenvalue weighted by atomic mass is 16.5. The zero-order chi connectivity index (χ0) is 19.2. The second-order valence-corrected chi connectivity index (χ2v) is 6.36. The lowest BCUT2D eigenvalue weighted by Crippen LogP contribution is -2.25. The summed E-state index contributed by atoms with van der Waals surface area (Å²) in [6, 6.07) is 26.9. The van der Waals surface area contributed by atoms with Crippen LogP contribution in [0.15, 0.2) is 89.5 Å². The quantitative estimate of drug-likeness (QED) is 0.548. The zero-order valence-corrected chi connectivity index (χ0v) is 15.2. The number of hydrogen-bond donors (Lipinski definition) is 1. The first kappa shape index (κ1) is 17.7. The maximum absolute atomic E-state index is 12.5. The molecule has 0 fully saturated rings. The van der Waals surface area contributed by atoms with Crippen molar-refractivity contribution < 1.29 is 9.32 Å². The molecular weight excluding hydrogens is 350 g/mol. The van der Waals surface area contributed by atoms with Gasteiger partial charge in [0.15, 0.2) is 0 Å². The number of hydrogen-bond acceptors (Lipinski definition) is 4. The van der Waals surface area contributed by atoms with E-state index in [0.717, 1.165) is 12.0 Å². The van der Waals surface area contributed by atoms with Crippen LogP contribution in [0.25, 0.3) is 22.8 Å². The smallest absolute Gasteiger partial charge is 0.258 e. The topological polar surface area (TPSA) is 68.0 Å². The molecule has 3 aromatic carbocycles. The molecule has 138 valence electrons. The third-order valence-corrected chi connectivity index (χ3v) is 4.37. The van der Waals surface area contributed by atoms with Crippen LogP contribution in [-0.4, -0.2) is 22.6 Å². The Hall–Kier alpha value is -3.73. The number of nitrogens with one attached hydrogen (secondary N) is 1. The Morgan fingerprint density at radius 3 is 2.36 bits per heavy atom. The molecule has 0 aliphatic heterocycles. The molecule has 5 nitrogen and oxygen atoms in total. The van der Waals surface area contributed by atoms with Crippen molar-refractivity contribution in [2.45, 2.75) is 6.42 Å². The lowest BCUT2D eigenvalue weighted by Gasteiger charge is -2.06. The third-order valence-electron chi connectivity index (χ3n) is 4.37. The molecule has 1 aromatic heterocycles. The van der Waals surface area contributed by atoms with Gasteiger partial charge in [0.2, 0.25) is 5.82 Å². The number of rotatable bonds is 6. The van der Waals surface area contributed by atoms with Gasteiger partial charge in [0.25, 0.3) is 11.8 Å². The van der Waals surface area contributed by atoms with Gasteiger partial charge < -0.3 is 9.84 Å². The van der Waals surface area contributed by atoms with Crippen molar-refractivity contribution in [1.82, 2.24) is 15.5 Å². The molecule has 1 heterocycles. The molecule has 1 amide bonds. The van der Waals surface area contributed by atoms with Crippen molar-refractivity contribution in [3.63, 3.8) is 0 Å². The maximum Gasteiger partial charge on any atom is 0.258 e. The van der Waals surface area contributed by atoms with E-state index in [4.69, 9.17) is 4.52 Å². The number of carbonyl (C=O) groups is 1. The van der Waals surface area contributed by atoms with Crippen LogP contribution >= 0.6 is 0 Å². The molecule has 0 aliphatic rings. The number of carbonyl (C=O) groups excluding carboxylic acids is 1. The Kier molecular flexibility index (Phi) is 5.24. The molecule has 1 N–H and O–H groups in total. The Labute approximate surface area is 163 Å². The minimum atomic E-state index is -0.124. The van der Waals surface area contributed by atoms with Crippen LogP contribution in [0.5, 0.6) is 0 Å². The van der Waals surface area contributed by atoms with Crippen LogP contribution in [0.1, 0.15) is 15.9 Å². The van der Waals surface area contributed by atoms with Gasteiger partial charge in [-0.05, 0) is 30.2 Å². The highest BCUT2D eigenvalue weighted by Crippen LogP contribution is 2.22. The first-order valence-corrected chi connectivity index (χ1v) is 9.11. The van der Waals surface area contributed by atoms with E-state index in [0.29, 0.717) is 29.4 Å². The number of amides is 1. The van der Waals surface area contributed by atoms with Crippen LogP contribution in [-0.2, 0) is 6.42 Å². The van der Waals surface area contributed by atoms with Crippen LogP contribution < -0.4 is 5.32 Å². The predicted molar refractivity (Wildman–Crippen MR) is 108 cm³/mol. The van der Waals surface area contributed by atoms with E-state index in [1.165, 1.54) is 5.56 Å². The van der Waals surface area contributed by atoms with E-state index in [-0.39, 0.29) is 5.91 Å². The highest BCUT2D eigenvalue weighted by molar-refractivity contribution is 5.95. The second-order valence-electron chi connectivity index (χ2n) is 6.36. The van der Waals surface area contributed by atoms with E-state index in [2.05, 4.69) is 15.5 Å². The Balaban J connectivity index is 1.44. The van der Waals surface area contributed by atoms with E-state index >= 15 is 0 Å².